The summed E-state index contributed by atoms with van der Waals surface area (Å²) in [6, 6.07) is 0. The Kier molecular flexibility index (Phi) is 3.21. The average molecular weight is 232 g/mol. The summed E-state index contributed by atoms with van der Waals surface area (Å²) in [6.07, 6.45) is 3.89. The van der Waals surface area contributed by atoms with Gasteiger partial charge in [0, 0.05) is 12.5 Å². The number of hydrogen-bond acceptors (Lipinski definition) is 2. The van der Waals surface area contributed by atoms with Gasteiger partial charge in [0.15, 0.2) is 0 Å². The van der Waals surface area contributed by atoms with Gasteiger partial charge in [-0.15, -0.1) is 11.6 Å². The van der Waals surface area contributed by atoms with Gasteiger partial charge in [0.05, 0.1) is 5.54 Å². The van der Waals surface area contributed by atoms with Gasteiger partial charge in [-0.1, -0.05) is 6.92 Å². The van der Waals surface area contributed by atoms with E-state index in [0.29, 0.717) is 18.4 Å². The van der Waals surface area contributed by atoms with Gasteiger partial charge in [0.1, 0.15) is 6.10 Å². The summed E-state index contributed by atoms with van der Waals surface area (Å²) < 4.78 is 5.43. The summed E-state index contributed by atoms with van der Waals surface area (Å²) in [5, 5.41) is 3.06. The van der Waals surface area contributed by atoms with Crippen molar-refractivity contribution in [1.82, 2.24) is 5.32 Å². The van der Waals surface area contributed by atoms with Crippen molar-refractivity contribution >= 4 is 17.5 Å². The summed E-state index contributed by atoms with van der Waals surface area (Å²) >= 11 is 5.89. The fourth-order valence-corrected chi connectivity index (χ4v) is 2.59. The standard InChI is InChI=1S/C11H18ClNO2/c1-8-3-6-15-9(8)10(14)13-11(7-12)4-2-5-11/h8-9H,2-7H2,1H3,(H,13,14). The molecule has 2 aliphatic rings. The molecule has 3 nitrogen and oxygen atoms in total. The molecule has 1 N–H and O–H groups in total. The smallest absolute Gasteiger partial charge is 0.249 e. The van der Waals surface area contributed by atoms with E-state index in [4.69, 9.17) is 16.3 Å². The van der Waals surface area contributed by atoms with E-state index in [1.807, 2.05) is 0 Å². The molecule has 1 aliphatic heterocycles. The molecular formula is C11H18ClNO2. The molecule has 0 radical (unpaired) electrons. The summed E-state index contributed by atoms with van der Waals surface area (Å²) in [6.45, 7) is 2.76. The zero-order valence-electron chi connectivity index (χ0n) is 9.09. The van der Waals surface area contributed by atoms with E-state index in [0.717, 1.165) is 25.7 Å². The Morgan fingerprint density at radius 2 is 2.33 bits per heavy atom. The van der Waals surface area contributed by atoms with Crippen LogP contribution in [0.25, 0.3) is 0 Å². The highest BCUT2D eigenvalue weighted by atomic mass is 35.5. The second kappa shape index (κ2) is 4.30. The predicted molar refractivity (Wildman–Crippen MR) is 59.0 cm³/mol. The van der Waals surface area contributed by atoms with Crippen LogP contribution in [0.3, 0.4) is 0 Å². The highest BCUT2D eigenvalue weighted by Crippen LogP contribution is 2.33. The Balaban J connectivity index is 1.91. The quantitative estimate of drug-likeness (QED) is 0.751. The number of alkyl halides is 1. The first-order chi connectivity index (χ1) is 7.17. The van der Waals surface area contributed by atoms with Crippen LogP contribution in [0.2, 0.25) is 0 Å². The van der Waals surface area contributed by atoms with Crippen LogP contribution in [0.15, 0.2) is 0 Å². The fourth-order valence-electron chi connectivity index (χ4n) is 2.26. The van der Waals surface area contributed by atoms with Crippen LogP contribution in [0, 0.1) is 5.92 Å². The van der Waals surface area contributed by atoms with E-state index in [1.165, 1.54) is 0 Å². The number of carbonyl (C=O) groups is 1. The van der Waals surface area contributed by atoms with Gasteiger partial charge < -0.3 is 10.1 Å². The van der Waals surface area contributed by atoms with Crippen molar-refractivity contribution < 1.29 is 9.53 Å². The Labute approximate surface area is 95.5 Å². The molecule has 2 atom stereocenters. The molecule has 4 heteroatoms. The number of halogens is 1. The van der Waals surface area contributed by atoms with Gasteiger partial charge in [0.2, 0.25) is 5.91 Å². The number of ether oxygens (including phenoxy) is 1. The zero-order valence-corrected chi connectivity index (χ0v) is 9.85. The zero-order chi connectivity index (χ0) is 10.9. The van der Waals surface area contributed by atoms with E-state index in [2.05, 4.69) is 12.2 Å². The van der Waals surface area contributed by atoms with Gasteiger partial charge in [0.25, 0.3) is 0 Å². The lowest BCUT2D eigenvalue weighted by molar-refractivity contribution is -0.134. The minimum absolute atomic E-state index is 0.0281. The molecule has 1 saturated carbocycles. The molecule has 0 spiro atoms. The van der Waals surface area contributed by atoms with Crippen molar-refractivity contribution in [2.75, 3.05) is 12.5 Å². The Bertz CT molecular complexity index is 247. The minimum Gasteiger partial charge on any atom is -0.368 e. The summed E-state index contributed by atoms with van der Waals surface area (Å²) in [7, 11) is 0. The molecule has 1 aliphatic carbocycles. The van der Waals surface area contributed by atoms with Crippen molar-refractivity contribution in [1.29, 1.82) is 0 Å². The van der Waals surface area contributed by atoms with E-state index in [-0.39, 0.29) is 17.6 Å². The molecular weight excluding hydrogens is 214 g/mol. The fraction of sp³-hybridized carbons (Fsp3) is 0.909. The second-order valence-corrected chi connectivity index (χ2v) is 5.08. The lowest BCUT2D eigenvalue weighted by Gasteiger charge is -2.41. The predicted octanol–water partition coefficient (Wildman–Crippen LogP) is 1.69. The molecule has 2 unspecified atom stereocenters. The van der Waals surface area contributed by atoms with Crippen molar-refractivity contribution in [2.45, 2.75) is 44.2 Å². The number of carbonyl (C=O) groups excluding carboxylic acids is 1. The average Bonchev–Trinajstić information content (AvgIpc) is 2.58. The second-order valence-electron chi connectivity index (χ2n) is 4.81. The Hall–Kier alpha value is -0.280. The van der Waals surface area contributed by atoms with Gasteiger partial charge in [-0.3, -0.25) is 4.79 Å². The van der Waals surface area contributed by atoms with Crippen molar-refractivity contribution in [2.24, 2.45) is 5.92 Å². The molecule has 0 aromatic carbocycles. The highest BCUT2D eigenvalue weighted by Gasteiger charge is 2.41. The topological polar surface area (TPSA) is 38.3 Å². The third-order valence-electron chi connectivity index (χ3n) is 3.60. The van der Waals surface area contributed by atoms with Crippen LogP contribution < -0.4 is 5.32 Å². The maximum absolute atomic E-state index is 11.9. The van der Waals surface area contributed by atoms with Crippen LogP contribution in [0.1, 0.15) is 32.6 Å². The molecule has 1 heterocycles. The lowest BCUT2D eigenvalue weighted by Crippen LogP contribution is -2.57. The lowest BCUT2D eigenvalue weighted by atomic mass is 9.78. The van der Waals surface area contributed by atoms with E-state index < -0.39 is 0 Å². The van der Waals surface area contributed by atoms with Crippen molar-refractivity contribution in [3.8, 4) is 0 Å². The largest absolute Gasteiger partial charge is 0.368 e. The Morgan fingerprint density at radius 3 is 2.73 bits per heavy atom. The van der Waals surface area contributed by atoms with E-state index >= 15 is 0 Å². The maximum atomic E-state index is 11.9. The minimum atomic E-state index is -0.259. The SMILES string of the molecule is CC1CCOC1C(=O)NC1(CCl)CCC1. The third-order valence-corrected chi connectivity index (χ3v) is 4.11. The first-order valence-corrected chi connectivity index (χ1v) is 6.20. The number of amides is 1. The maximum Gasteiger partial charge on any atom is 0.249 e. The molecule has 15 heavy (non-hydrogen) atoms. The summed E-state index contributed by atoms with van der Waals surface area (Å²) in [5.74, 6) is 0.873. The molecule has 0 aromatic heterocycles. The monoisotopic (exact) mass is 231 g/mol. The van der Waals surface area contributed by atoms with Gasteiger partial charge in [-0.25, -0.2) is 0 Å². The normalized spacial score (nSPS) is 33.5. The molecule has 1 amide bonds. The molecule has 2 fully saturated rings. The van der Waals surface area contributed by atoms with E-state index in [1.54, 1.807) is 0 Å². The van der Waals surface area contributed by atoms with Crippen LogP contribution in [-0.4, -0.2) is 30.0 Å². The van der Waals surface area contributed by atoms with E-state index in [9.17, 15) is 4.79 Å². The highest BCUT2D eigenvalue weighted by molar-refractivity contribution is 6.18. The van der Waals surface area contributed by atoms with Crippen LogP contribution in [0.5, 0.6) is 0 Å². The Morgan fingerprint density at radius 1 is 1.60 bits per heavy atom. The molecule has 86 valence electrons. The number of rotatable bonds is 3. The third kappa shape index (κ3) is 2.13. The molecule has 1 saturated heterocycles. The van der Waals surface area contributed by atoms with Crippen LogP contribution in [-0.2, 0) is 9.53 Å². The molecule has 0 bridgehead atoms. The first kappa shape index (κ1) is 11.2. The van der Waals surface area contributed by atoms with Crippen molar-refractivity contribution in [3.05, 3.63) is 0 Å². The van der Waals surface area contributed by atoms with Crippen molar-refractivity contribution in [3.63, 3.8) is 0 Å². The number of hydrogen-bond donors (Lipinski definition) is 1. The van der Waals surface area contributed by atoms with Crippen LogP contribution >= 0.6 is 11.6 Å². The van der Waals surface area contributed by atoms with Gasteiger partial charge in [-0.05, 0) is 31.6 Å². The molecule has 0 aromatic rings. The first-order valence-electron chi connectivity index (χ1n) is 5.66. The summed E-state index contributed by atoms with van der Waals surface area (Å²) in [4.78, 5) is 11.9. The number of nitrogens with one attached hydrogen (secondary N) is 1. The molecule has 2 rings (SSSR count). The van der Waals surface area contributed by atoms with Gasteiger partial charge >= 0.3 is 0 Å². The van der Waals surface area contributed by atoms with Gasteiger partial charge in [-0.2, -0.15) is 0 Å². The van der Waals surface area contributed by atoms with Crippen LogP contribution in [0.4, 0.5) is 0 Å². The summed E-state index contributed by atoms with van der Waals surface area (Å²) in [5.41, 5.74) is -0.135.